The molecule has 0 spiro atoms. The predicted molar refractivity (Wildman–Crippen MR) is 105 cm³/mol. The van der Waals surface area contributed by atoms with E-state index in [9.17, 15) is 13.2 Å². The molecule has 1 heterocycles. The molecule has 2 unspecified atom stereocenters. The van der Waals surface area contributed by atoms with E-state index in [4.69, 9.17) is 16.3 Å². The summed E-state index contributed by atoms with van der Waals surface area (Å²) in [4.78, 5) is 12.1. The third-order valence-electron chi connectivity index (χ3n) is 4.56. The second-order valence-corrected chi connectivity index (χ2v) is 9.57. The van der Waals surface area contributed by atoms with E-state index < -0.39 is 27.3 Å². The van der Waals surface area contributed by atoms with Crippen molar-refractivity contribution in [3.63, 3.8) is 0 Å². The van der Waals surface area contributed by atoms with Gasteiger partial charge in [0, 0.05) is 0 Å². The maximum atomic E-state index is 12.1. The zero-order valence-corrected chi connectivity index (χ0v) is 16.8. The molecular formula is C19H28ClNO4S. The van der Waals surface area contributed by atoms with Gasteiger partial charge in [-0.2, -0.15) is 0 Å². The maximum absolute atomic E-state index is 12.1. The number of rotatable bonds is 9. The number of carbonyl (C=O) groups excluding carboxylic acids is 1. The van der Waals surface area contributed by atoms with Gasteiger partial charge in [0.25, 0.3) is 0 Å². The first-order valence-electron chi connectivity index (χ1n) is 9.32. The molecule has 146 valence electrons. The van der Waals surface area contributed by atoms with Gasteiger partial charge in [0.15, 0.2) is 9.84 Å². The molecule has 1 N–H and O–H groups in total. The summed E-state index contributed by atoms with van der Waals surface area (Å²) in [5.41, 5.74) is 0.986. The van der Waals surface area contributed by atoms with Crippen LogP contribution in [0.3, 0.4) is 0 Å². The Balaban J connectivity index is 1.84. The first-order chi connectivity index (χ1) is 12.4. The molecule has 0 saturated carbocycles. The van der Waals surface area contributed by atoms with Crippen molar-refractivity contribution in [2.24, 2.45) is 0 Å². The second kappa shape index (κ2) is 10.2. The van der Waals surface area contributed by atoms with E-state index in [1.54, 1.807) is 6.07 Å². The molecular weight excluding hydrogens is 374 g/mol. The van der Waals surface area contributed by atoms with Gasteiger partial charge in [0.05, 0.1) is 22.9 Å². The molecule has 1 saturated heterocycles. The SMILES string of the molecule is CCCCCCCCc1ccccc1OC(=O)NC1CS(=O)(=O)CC1Cl. The third kappa shape index (κ3) is 6.80. The maximum Gasteiger partial charge on any atom is 0.412 e. The van der Waals surface area contributed by atoms with Crippen LogP contribution in [0.4, 0.5) is 4.79 Å². The molecule has 1 aliphatic heterocycles. The van der Waals surface area contributed by atoms with Crippen LogP contribution in [-0.2, 0) is 16.3 Å². The van der Waals surface area contributed by atoms with Crippen LogP contribution in [-0.4, -0.2) is 37.4 Å². The summed E-state index contributed by atoms with van der Waals surface area (Å²) in [6.07, 6.45) is 7.41. The molecule has 0 radical (unpaired) electrons. The zero-order valence-electron chi connectivity index (χ0n) is 15.2. The molecule has 1 fully saturated rings. The van der Waals surface area contributed by atoms with Crippen molar-refractivity contribution in [1.29, 1.82) is 0 Å². The summed E-state index contributed by atoms with van der Waals surface area (Å²) in [5, 5.41) is 1.96. The van der Waals surface area contributed by atoms with Gasteiger partial charge in [-0.25, -0.2) is 13.2 Å². The molecule has 1 aromatic carbocycles. The fourth-order valence-electron chi connectivity index (χ4n) is 3.12. The predicted octanol–water partition coefficient (Wildman–Crippen LogP) is 4.08. The fourth-order valence-corrected chi connectivity index (χ4v) is 5.67. The highest BCUT2D eigenvalue weighted by molar-refractivity contribution is 7.91. The molecule has 1 aromatic rings. The van der Waals surface area contributed by atoms with Gasteiger partial charge in [-0.05, 0) is 24.5 Å². The number of benzene rings is 1. The average Bonchev–Trinajstić information content (AvgIpc) is 2.83. The van der Waals surface area contributed by atoms with Crippen molar-refractivity contribution < 1.29 is 17.9 Å². The topological polar surface area (TPSA) is 72.5 Å². The smallest absolute Gasteiger partial charge is 0.410 e. The lowest BCUT2D eigenvalue weighted by molar-refractivity contribution is 0.197. The van der Waals surface area contributed by atoms with Gasteiger partial charge in [0.2, 0.25) is 0 Å². The molecule has 5 nitrogen and oxygen atoms in total. The molecule has 2 atom stereocenters. The van der Waals surface area contributed by atoms with Gasteiger partial charge in [0.1, 0.15) is 5.75 Å². The van der Waals surface area contributed by atoms with Crippen LogP contribution in [0.2, 0.25) is 0 Å². The lowest BCUT2D eigenvalue weighted by atomic mass is 10.0. The number of para-hydroxylation sites is 1. The van der Waals surface area contributed by atoms with E-state index in [2.05, 4.69) is 12.2 Å². The van der Waals surface area contributed by atoms with Crippen molar-refractivity contribution in [1.82, 2.24) is 5.32 Å². The highest BCUT2D eigenvalue weighted by atomic mass is 35.5. The lowest BCUT2D eigenvalue weighted by Crippen LogP contribution is -2.42. The monoisotopic (exact) mass is 401 g/mol. The van der Waals surface area contributed by atoms with Gasteiger partial charge >= 0.3 is 6.09 Å². The number of alkyl halides is 1. The van der Waals surface area contributed by atoms with Gasteiger partial charge < -0.3 is 10.1 Å². The number of sulfone groups is 1. The summed E-state index contributed by atoms with van der Waals surface area (Å²) in [6, 6.07) is 6.85. The number of halogens is 1. The normalized spacial score (nSPS) is 21.5. The van der Waals surface area contributed by atoms with Crippen LogP contribution in [0.5, 0.6) is 5.75 Å². The molecule has 0 aromatic heterocycles. The first kappa shape index (κ1) is 21.0. The second-order valence-electron chi connectivity index (χ2n) is 6.86. The number of aryl methyl sites for hydroxylation is 1. The number of ether oxygens (including phenoxy) is 1. The minimum absolute atomic E-state index is 0.117. The van der Waals surface area contributed by atoms with E-state index in [0.717, 1.165) is 24.8 Å². The van der Waals surface area contributed by atoms with Crippen LogP contribution < -0.4 is 10.1 Å². The lowest BCUT2D eigenvalue weighted by Gasteiger charge is -2.15. The molecule has 0 aliphatic carbocycles. The molecule has 1 aliphatic rings. The van der Waals surface area contributed by atoms with Gasteiger partial charge in [-0.3, -0.25) is 0 Å². The number of carbonyl (C=O) groups is 1. The van der Waals surface area contributed by atoms with Crippen LogP contribution >= 0.6 is 11.6 Å². The first-order valence-corrected chi connectivity index (χ1v) is 11.6. The van der Waals surface area contributed by atoms with E-state index in [1.165, 1.54) is 25.7 Å². The van der Waals surface area contributed by atoms with E-state index in [0.29, 0.717) is 5.75 Å². The Morgan fingerprint density at radius 1 is 1.15 bits per heavy atom. The molecule has 0 bridgehead atoms. The van der Waals surface area contributed by atoms with Crippen molar-refractivity contribution in [3.05, 3.63) is 29.8 Å². The van der Waals surface area contributed by atoms with Gasteiger partial charge in [-0.15, -0.1) is 11.6 Å². The summed E-state index contributed by atoms with van der Waals surface area (Å²) in [6.45, 7) is 2.20. The standard InChI is InChI=1S/C19H28ClNO4S/c1-2-3-4-5-6-7-10-15-11-8-9-12-18(15)25-19(22)21-17-14-26(23,24)13-16(17)20/h8-9,11-12,16-17H,2-7,10,13-14H2,1H3,(H,21,22). The molecule has 2 rings (SSSR count). The number of nitrogens with one attached hydrogen (secondary N) is 1. The molecule has 26 heavy (non-hydrogen) atoms. The molecule has 7 heteroatoms. The zero-order chi connectivity index (χ0) is 19.0. The van der Waals surface area contributed by atoms with Crippen LogP contribution in [0, 0.1) is 0 Å². The Hall–Kier alpha value is -1.27. The number of amides is 1. The van der Waals surface area contributed by atoms with E-state index in [-0.39, 0.29) is 11.5 Å². The summed E-state index contributed by atoms with van der Waals surface area (Å²) in [7, 11) is -3.20. The van der Waals surface area contributed by atoms with Crippen molar-refractivity contribution in [2.75, 3.05) is 11.5 Å². The van der Waals surface area contributed by atoms with Crippen LogP contribution in [0.1, 0.15) is 51.0 Å². The number of unbranched alkanes of at least 4 members (excludes halogenated alkanes) is 5. The van der Waals surface area contributed by atoms with E-state index >= 15 is 0 Å². The fraction of sp³-hybridized carbons (Fsp3) is 0.632. The Bertz CT molecular complexity index is 693. The largest absolute Gasteiger partial charge is 0.412 e. The Morgan fingerprint density at radius 3 is 2.54 bits per heavy atom. The average molecular weight is 402 g/mol. The highest BCUT2D eigenvalue weighted by Crippen LogP contribution is 2.22. The van der Waals surface area contributed by atoms with Crippen molar-refractivity contribution >= 4 is 27.5 Å². The molecule has 1 amide bonds. The van der Waals surface area contributed by atoms with E-state index in [1.807, 2.05) is 18.2 Å². The van der Waals surface area contributed by atoms with Crippen LogP contribution in [0.15, 0.2) is 24.3 Å². The summed E-state index contributed by atoms with van der Waals surface area (Å²) < 4.78 is 28.6. The van der Waals surface area contributed by atoms with Crippen molar-refractivity contribution in [3.8, 4) is 5.75 Å². The van der Waals surface area contributed by atoms with Crippen LogP contribution in [0.25, 0.3) is 0 Å². The quantitative estimate of drug-likeness (QED) is 0.499. The highest BCUT2D eigenvalue weighted by Gasteiger charge is 2.37. The minimum atomic E-state index is -3.20. The Morgan fingerprint density at radius 2 is 1.85 bits per heavy atom. The number of hydrogen-bond acceptors (Lipinski definition) is 4. The minimum Gasteiger partial charge on any atom is -0.410 e. The Labute approximate surface area is 161 Å². The number of hydrogen-bond donors (Lipinski definition) is 1. The van der Waals surface area contributed by atoms with Crippen molar-refractivity contribution in [2.45, 2.75) is 63.3 Å². The van der Waals surface area contributed by atoms with Gasteiger partial charge in [-0.1, -0.05) is 57.2 Å². The summed E-state index contributed by atoms with van der Waals surface area (Å²) >= 11 is 6.01. The summed E-state index contributed by atoms with van der Waals surface area (Å²) in [5.74, 6) is 0.259. The third-order valence-corrected chi connectivity index (χ3v) is 6.94. The Kier molecular flexibility index (Phi) is 8.22.